The van der Waals surface area contributed by atoms with Crippen LogP contribution >= 0.6 is 34.8 Å². The molecule has 96 heavy (non-hydrogen) atoms. The minimum Gasteiger partial charge on any atom is -0.422 e. The zero-order valence-electron chi connectivity index (χ0n) is 53.9. The monoisotopic (exact) mass is 1350 g/mol. The number of fused-ring (bicyclic) bond motifs is 3. The highest BCUT2D eigenvalue weighted by molar-refractivity contribution is 6.31. The summed E-state index contributed by atoms with van der Waals surface area (Å²) in [5, 5.41) is 13.0. The number of rotatable bonds is 15. The molecule has 7 aromatic carbocycles. The SMILES string of the molecule is CN1CCN(C(CNC(=O)c2cc3ccccc3oc2=O)c2ccc(Cl)cc2)CC1.CN1CCN(C(CNC(=O)c2cc3ccccc3oc2=O)c2ccc(Cl)cc2)CC1.CN1CCN(C(CNC(=O)c2cc3ccccc3oc2=O)c2ccc(Cl)cc2)CC1.c1ccccc1. The fraction of sp³-hybridized carbons (Fsp3) is 0.280. The predicted molar refractivity (Wildman–Crippen MR) is 381 cm³/mol. The van der Waals surface area contributed by atoms with Crippen molar-refractivity contribution in [2.45, 2.75) is 18.1 Å². The van der Waals surface area contributed by atoms with Crippen LogP contribution in [0.15, 0.2) is 228 Å². The Labute approximate surface area is 572 Å². The lowest BCUT2D eigenvalue weighted by Crippen LogP contribution is -2.48. The lowest BCUT2D eigenvalue weighted by atomic mass is 10.0. The van der Waals surface area contributed by atoms with Gasteiger partial charge in [-0.1, -0.05) is 162 Å². The van der Waals surface area contributed by atoms with Crippen LogP contribution in [-0.4, -0.2) is 166 Å². The molecule has 18 nitrogen and oxygen atoms in total. The van der Waals surface area contributed by atoms with E-state index in [0.717, 1.165) is 111 Å². The van der Waals surface area contributed by atoms with Gasteiger partial charge in [0.2, 0.25) is 0 Å². The zero-order valence-corrected chi connectivity index (χ0v) is 56.2. The molecule has 21 heteroatoms. The number of amides is 3. The number of halogens is 3. The molecule has 3 saturated heterocycles. The van der Waals surface area contributed by atoms with E-state index in [1.165, 1.54) is 0 Å². The maximum atomic E-state index is 12.8. The molecular formula is C75H78Cl3N9O9. The van der Waals surface area contributed by atoms with Gasteiger partial charge in [-0.3, -0.25) is 29.1 Å². The number of hydrogen-bond acceptors (Lipinski definition) is 15. The van der Waals surface area contributed by atoms with E-state index in [4.69, 9.17) is 48.1 Å². The van der Waals surface area contributed by atoms with Gasteiger partial charge in [0, 0.05) is 129 Å². The average molecular weight is 1360 g/mol. The minimum absolute atomic E-state index is 0.00702. The summed E-state index contributed by atoms with van der Waals surface area (Å²) in [7, 11) is 6.32. The molecular weight excluding hydrogens is 1280 g/mol. The molecule has 3 amide bonds. The van der Waals surface area contributed by atoms with E-state index in [0.29, 0.717) is 51.5 Å². The third kappa shape index (κ3) is 19.2. The van der Waals surface area contributed by atoms with Gasteiger partial charge >= 0.3 is 16.9 Å². The number of piperazine rings is 3. The van der Waals surface area contributed by atoms with Gasteiger partial charge in [-0.25, -0.2) is 14.4 Å². The number of carbonyl (C=O) groups excluding carboxylic acids is 3. The first-order valence-corrected chi connectivity index (χ1v) is 33.1. The summed E-state index contributed by atoms with van der Waals surface area (Å²) in [6.45, 7) is 12.3. The Balaban J connectivity index is 0.000000150. The second-order valence-electron chi connectivity index (χ2n) is 24.0. The molecule has 13 rings (SSSR count). The van der Waals surface area contributed by atoms with Crippen molar-refractivity contribution in [3.05, 3.63) is 280 Å². The Kier molecular flexibility index (Phi) is 25.0. The van der Waals surface area contributed by atoms with E-state index in [1.807, 2.05) is 146 Å². The van der Waals surface area contributed by atoms with Crippen LogP contribution in [0.2, 0.25) is 15.1 Å². The van der Waals surface area contributed by atoms with Crippen LogP contribution in [0.4, 0.5) is 0 Å². The summed E-state index contributed by atoms with van der Waals surface area (Å²) in [5.74, 6) is -1.28. The van der Waals surface area contributed by atoms with Crippen LogP contribution in [0.3, 0.4) is 0 Å². The molecule has 3 N–H and O–H groups in total. The molecule has 6 heterocycles. The molecule has 3 aromatic heterocycles. The van der Waals surface area contributed by atoms with E-state index < -0.39 is 34.6 Å². The van der Waals surface area contributed by atoms with Gasteiger partial charge in [0.25, 0.3) is 17.7 Å². The molecule has 0 radical (unpaired) electrons. The minimum atomic E-state index is -0.631. The van der Waals surface area contributed by atoms with Crippen molar-refractivity contribution >= 4 is 85.4 Å². The first kappa shape index (κ1) is 70.0. The van der Waals surface area contributed by atoms with Gasteiger partial charge in [0.15, 0.2) is 0 Å². The van der Waals surface area contributed by atoms with Crippen molar-refractivity contribution in [3.63, 3.8) is 0 Å². The highest BCUT2D eigenvalue weighted by atomic mass is 35.5. The summed E-state index contributed by atoms with van der Waals surface area (Å²) >= 11 is 18.2. The second-order valence-corrected chi connectivity index (χ2v) is 25.3. The number of likely N-dealkylation sites (N-methyl/N-ethyl adjacent to an activating group) is 3. The molecule has 0 saturated carbocycles. The summed E-state index contributed by atoms with van der Waals surface area (Å²) in [4.78, 5) is 89.3. The Bertz CT molecular complexity index is 3940. The largest absolute Gasteiger partial charge is 0.422 e. The van der Waals surface area contributed by atoms with Crippen molar-refractivity contribution in [3.8, 4) is 0 Å². The molecule has 498 valence electrons. The van der Waals surface area contributed by atoms with Crippen molar-refractivity contribution in [1.82, 2.24) is 45.3 Å². The number of hydrogen-bond donors (Lipinski definition) is 3. The highest BCUT2D eigenvalue weighted by Gasteiger charge is 2.29. The highest BCUT2D eigenvalue weighted by Crippen LogP contribution is 2.27. The van der Waals surface area contributed by atoms with E-state index in [-0.39, 0.29) is 34.8 Å². The van der Waals surface area contributed by atoms with Crippen LogP contribution in [0.5, 0.6) is 0 Å². The van der Waals surface area contributed by atoms with Crippen LogP contribution in [0.1, 0.15) is 65.9 Å². The van der Waals surface area contributed by atoms with Crippen molar-refractivity contribution < 1.29 is 27.6 Å². The smallest absolute Gasteiger partial charge is 0.349 e. The van der Waals surface area contributed by atoms with Gasteiger partial charge in [0.05, 0.1) is 18.1 Å². The molecule has 3 fully saturated rings. The molecule has 0 spiro atoms. The van der Waals surface area contributed by atoms with E-state index in [2.05, 4.69) is 66.5 Å². The predicted octanol–water partition coefficient (Wildman–Crippen LogP) is 11.2. The van der Waals surface area contributed by atoms with Gasteiger partial charge in [-0.15, -0.1) is 0 Å². The van der Waals surface area contributed by atoms with E-state index in [1.54, 1.807) is 54.6 Å². The van der Waals surface area contributed by atoms with Crippen LogP contribution in [-0.2, 0) is 0 Å². The third-order valence-electron chi connectivity index (χ3n) is 17.4. The number of nitrogens with zero attached hydrogens (tertiary/aromatic N) is 6. The number of benzene rings is 7. The summed E-state index contributed by atoms with van der Waals surface area (Å²) < 4.78 is 15.9. The second kappa shape index (κ2) is 34.2. The Morgan fingerprint density at radius 1 is 0.344 bits per heavy atom. The molecule has 3 aliphatic heterocycles. The summed E-state index contributed by atoms with van der Waals surface area (Å²) in [6, 6.07) is 61.3. The Hall–Kier alpha value is -8.79. The molecule has 0 aliphatic carbocycles. The molecule has 0 bridgehead atoms. The Morgan fingerprint density at radius 2 is 0.573 bits per heavy atom. The average Bonchev–Trinajstić information content (AvgIpc) is 0.858. The van der Waals surface area contributed by atoms with Gasteiger partial charge in [0.1, 0.15) is 33.4 Å². The van der Waals surface area contributed by atoms with Crippen LogP contribution in [0, 0.1) is 0 Å². The van der Waals surface area contributed by atoms with Crippen molar-refractivity contribution in [1.29, 1.82) is 0 Å². The number of carbonyl (C=O) groups is 3. The fourth-order valence-electron chi connectivity index (χ4n) is 11.7. The van der Waals surface area contributed by atoms with Crippen molar-refractivity contribution in [2.24, 2.45) is 0 Å². The lowest BCUT2D eigenvalue weighted by molar-refractivity contribution is 0.0877. The first-order valence-electron chi connectivity index (χ1n) is 32.0. The maximum absolute atomic E-state index is 12.8. The topological polar surface area (TPSA) is 197 Å². The first-order chi connectivity index (χ1) is 46.5. The molecule has 3 aliphatic rings. The zero-order chi connectivity index (χ0) is 67.5. The van der Waals surface area contributed by atoms with Crippen LogP contribution < -0.4 is 32.8 Å². The van der Waals surface area contributed by atoms with Gasteiger partial charge in [-0.2, -0.15) is 0 Å². The standard InChI is InChI=1S/3C23H24ClN3O3.C6H6/c3*1-26-10-12-27(13-11-26)20(16-6-8-18(24)9-7-16)15-25-22(28)19-14-17-4-2-3-5-21(17)30-23(19)29;1-2-4-6-5-3-1/h3*2-9,14,20H,10-13,15H2,1H3,(H,25,28);1-6H. The fourth-order valence-corrected chi connectivity index (χ4v) is 12.1. The van der Waals surface area contributed by atoms with Crippen LogP contribution in [0.25, 0.3) is 32.9 Å². The molecule has 3 unspecified atom stereocenters. The normalized spacial score (nSPS) is 15.9. The van der Waals surface area contributed by atoms with E-state index >= 15 is 0 Å². The van der Waals surface area contributed by atoms with Gasteiger partial charge < -0.3 is 43.9 Å². The summed E-state index contributed by atoms with van der Waals surface area (Å²) in [6.07, 6.45) is 0. The molecule has 3 atom stereocenters. The number of nitrogens with one attached hydrogen (secondary N) is 3. The lowest BCUT2D eigenvalue weighted by Gasteiger charge is -2.38. The van der Waals surface area contributed by atoms with E-state index in [9.17, 15) is 28.8 Å². The Morgan fingerprint density at radius 3 is 0.812 bits per heavy atom. The summed E-state index contributed by atoms with van der Waals surface area (Å²) in [5.41, 5.74) is 2.79. The third-order valence-corrected chi connectivity index (χ3v) is 18.1. The van der Waals surface area contributed by atoms with Gasteiger partial charge in [-0.05, 0) is 111 Å². The molecule has 10 aromatic rings. The maximum Gasteiger partial charge on any atom is 0.349 e. The quantitative estimate of drug-likeness (QED) is 0.0819. The van der Waals surface area contributed by atoms with Crippen molar-refractivity contribution in [2.75, 3.05) is 119 Å². The number of para-hydroxylation sites is 3.